The van der Waals surface area contributed by atoms with Gasteiger partial charge in [-0.15, -0.1) is 24.8 Å². The van der Waals surface area contributed by atoms with Crippen LogP contribution in [-0.4, -0.2) is 9.97 Å². The van der Waals surface area contributed by atoms with Gasteiger partial charge in [0, 0.05) is 24.8 Å². The summed E-state index contributed by atoms with van der Waals surface area (Å²) in [6, 6.07) is 11.4. The Hall–Kier alpha value is -1.12. The van der Waals surface area contributed by atoms with Gasteiger partial charge >= 0.3 is 0 Å². The Morgan fingerprint density at radius 3 is 0.812 bits per heavy atom. The van der Waals surface area contributed by atoms with Gasteiger partial charge in [0.15, 0.2) is 0 Å². The van der Waals surface area contributed by atoms with Gasteiger partial charge in [0.1, 0.15) is 0 Å². The Kier molecular flexibility index (Phi) is 24.7. The van der Waals surface area contributed by atoms with Crippen molar-refractivity contribution in [2.24, 2.45) is 0 Å². The Labute approximate surface area is 110 Å². The van der Waals surface area contributed by atoms with Crippen molar-refractivity contribution in [3.8, 4) is 0 Å². The maximum atomic E-state index is 3.78. The van der Waals surface area contributed by atoms with Gasteiger partial charge in [0.2, 0.25) is 0 Å². The van der Waals surface area contributed by atoms with Gasteiger partial charge in [-0.25, -0.2) is 0 Å². The van der Waals surface area contributed by atoms with Crippen LogP contribution in [0.15, 0.2) is 61.2 Å². The average Bonchev–Trinajstić information content (AvgIpc) is 2.37. The van der Waals surface area contributed by atoms with E-state index in [-0.39, 0.29) is 24.8 Å². The molecule has 0 saturated heterocycles. The molecule has 0 aromatic carbocycles. The Bertz CT molecular complexity index is 192. The van der Waals surface area contributed by atoms with Crippen LogP contribution in [0.2, 0.25) is 0 Å². The van der Waals surface area contributed by atoms with Gasteiger partial charge in [-0.05, 0) is 24.3 Å². The first-order valence-electron chi connectivity index (χ1n) is 4.70. The fraction of sp³-hybridized carbons (Fsp3) is 0.167. The summed E-state index contributed by atoms with van der Waals surface area (Å²) in [5, 5.41) is 0. The van der Waals surface area contributed by atoms with E-state index in [1.54, 1.807) is 24.8 Å². The molecule has 2 aromatic heterocycles. The molecule has 2 rings (SSSR count). The van der Waals surface area contributed by atoms with E-state index in [4.69, 9.17) is 0 Å². The fourth-order valence-electron chi connectivity index (χ4n) is 0.625. The van der Waals surface area contributed by atoms with Gasteiger partial charge in [-0.3, -0.25) is 9.97 Å². The van der Waals surface area contributed by atoms with Crippen molar-refractivity contribution in [1.29, 1.82) is 0 Å². The summed E-state index contributed by atoms with van der Waals surface area (Å²) in [7, 11) is 0. The lowest BCUT2D eigenvalue weighted by molar-refractivity contribution is 1.33. The normalized spacial score (nSPS) is 6.38. The third-order valence-corrected chi connectivity index (χ3v) is 1.13. The van der Waals surface area contributed by atoms with E-state index in [0.717, 1.165) is 0 Å². The minimum atomic E-state index is 0. The number of rotatable bonds is 0. The summed E-state index contributed by atoms with van der Waals surface area (Å²) >= 11 is 0. The average molecular weight is 261 g/mol. The minimum Gasteiger partial charge on any atom is -0.265 e. The van der Waals surface area contributed by atoms with Crippen molar-refractivity contribution < 1.29 is 0 Å². The van der Waals surface area contributed by atoms with Gasteiger partial charge in [0.25, 0.3) is 0 Å². The third-order valence-electron chi connectivity index (χ3n) is 1.13. The number of hydrogen-bond donors (Lipinski definition) is 0. The van der Waals surface area contributed by atoms with Crippen LogP contribution in [0.5, 0.6) is 0 Å². The molecule has 0 amide bonds. The first-order valence-corrected chi connectivity index (χ1v) is 4.70. The van der Waals surface area contributed by atoms with Crippen LogP contribution in [0.3, 0.4) is 0 Å². The SMILES string of the molecule is CC.Cl.Cl.c1ccncc1.c1ccncc1. The van der Waals surface area contributed by atoms with Crippen molar-refractivity contribution in [3.63, 3.8) is 0 Å². The second kappa shape index (κ2) is 19.5. The van der Waals surface area contributed by atoms with Crippen molar-refractivity contribution in [1.82, 2.24) is 9.97 Å². The zero-order valence-electron chi connectivity index (χ0n) is 9.48. The maximum Gasteiger partial charge on any atom is 0.0267 e. The van der Waals surface area contributed by atoms with Gasteiger partial charge < -0.3 is 0 Å². The van der Waals surface area contributed by atoms with Crippen LogP contribution in [0.1, 0.15) is 13.8 Å². The smallest absolute Gasteiger partial charge is 0.0267 e. The summed E-state index contributed by atoms with van der Waals surface area (Å²) < 4.78 is 0. The highest BCUT2D eigenvalue weighted by Gasteiger charge is 1.59. The first kappa shape index (κ1) is 20.3. The number of aromatic nitrogens is 2. The van der Waals surface area contributed by atoms with Crippen LogP contribution in [0.25, 0.3) is 0 Å². The van der Waals surface area contributed by atoms with E-state index in [2.05, 4.69) is 9.97 Å². The molecule has 0 atom stereocenters. The van der Waals surface area contributed by atoms with Gasteiger partial charge in [0.05, 0.1) is 0 Å². The second-order valence-electron chi connectivity index (χ2n) is 2.05. The van der Waals surface area contributed by atoms with Gasteiger partial charge in [-0.1, -0.05) is 26.0 Å². The van der Waals surface area contributed by atoms with Gasteiger partial charge in [-0.2, -0.15) is 0 Å². The van der Waals surface area contributed by atoms with Crippen LogP contribution < -0.4 is 0 Å². The zero-order valence-corrected chi connectivity index (χ0v) is 11.1. The molecule has 16 heavy (non-hydrogen) atoms. The highest BCUT2D eigenvalue weighted by atomic mass is 35.5. The fourth-order valence-corrected chi connectivity index (χ4v) is 0.625. The largest absolute Gasteiger partial charge is 0.265 e. The molecule has 0 unspecified atom stereocenters. The minimum absolute atomic E-state index is 0. The number of hydrogen-bond acceptors (Lipinski definition) is 2. The molecule has 0 aliphatic carbocycles. The van der Waals surface area contributed by atoms with E-state index < -0.39 is 0 Å². The molecule has 0 bridgehead atoms. The van der Waals surface area contributed by atoms with E-state index in [1.807, 2.05) is 50.2 Å². The molecule has 2 nitrogen and oxygen atoms in total. The quantitative estimate of drug-likeness (QED) is 0.715. The Morgan fingerprint density at radius 2 is 0.750 bits per heavy atom. The molecule has 0 aliphatic heterocycles. The first-order chi connectivity index (χ1) is 7.00. The molecule has 0 fully saturated rings. The molecule has 0 spiro atoms. The standard InChI is InChI=1S/2C5H5N.C2H6.2ClH/c2*1-2-4-6-5-3-1;1-2;;/h2*1-5H;1-2H3;2*1H. The summed E-state index contributed by atoms with van der Waals surface area (Å²) in [4.78, 5) is 7.57. The molecule has 0 N–H and O–H groups in total. The number of halogens is 2. The van der Waals surface area contributed by atoms with E-state index in [0.29, 0.717) is 0 Å². The van der Waals surface area contributed by atoms with Crippen molar-refractivity contribution in [2.45, 2.75) is 13.8 Å². The molecule has 2 aromatic rings. The molecule has 0 aliphatic rings. The highest BCUT2D eigenvalue weighted by molar-refractivity contribution is 5.85. The zero-order chi connectivity index (χ0) is 10.5. The third kappa shape index (κ3) is 15.4. The monoisotopic (exact) mass is 260 g/mol. The Morgan fingerprint density at radius 1 is 0.500 bits per heavy atom. The molecule has 4 heteroatoms. The predicted octanol–water partition coefficient (Wildman–Crippen LogP) is 4.03. The molecule has 0 saturated carbocycles. The van der Waals surface area contributed by atoms with E-state index in [1.165, 1.54) is 0 Å². The highest BCUT2D eigenvalue weighted by Crippen LogP contribution is 1.74. The second-order valence-corrected chi connectivity index (χ2v) is 2.05. The lowest BCUT2D eigenvalue weighted by Crippen LogP contribution is -1.58. The summed E-state index contributed by atoms with van der Waals surface area (Å²) in [6.07, 6.45) is 7.00. The van der Waals surface area contributed by atoms with E-state index >= 15 is 0 Å². The molecular formula is C12H18Cl2N2. The molecule has 0 radical (unpaired) electrons. The van der Waals surface area contributed by atoms with Crippen LogP contribution in [-0.2, 0) is 0 Å². The predicted molar refractivity (Wildman–Crippen MR) is 74.3 cm³/mol. The topological polar surface area (TPSA) is 25.8 Å². The summed E-state index contributed by atoms with van der Waals surface area (Å²) in [5.41, 5.74) is 0. The Balaban J connectivity index is -0.000000165. The number of nitrogens with zero attached hydrogens (tertiary/aromatic N) is 2. The number of pyridine rings is 2. The van der Waals surface area contributed by atoms with Crippen LogP contribution >= 0.6 is 24.8 Å². The van der Waals surface area contributed by atoms with Crippen LogP contribution in [0, 0.1) is 0 Å². The van der Waals surface area contributed by atoms with E-state index in [9.17, 15) is 0 Å². The van der Waals surface area contributed by atoms with Crippen LogP contribution in [0.4, 0.5) is 0 Å². The van der Waals surface area contributed by atoms with Crippen molar-refractivity contribution in [2.75, 3.05) is 0 Å². The van der Waals surface area contributed by atoms with Crippen molar-refractivity contribution >= 4 is 24.8 Å². The summed E-state index contributed by atoms with van der Waals surface area (Å²) in [6.45, 7) is 4.00. The molecular weight excluding hydrogens is 243 g/mol. The summed E-state index contributed by atoms with van der Waals surface area (Å²) in [5.74, 6) is 0. The lowest BCUT2D eigenvalue weighted by atomic mass is 10.5. The molecule has 2 heterocycles. The lowest BCUT2D eigenvalue weighted by Gasteiger charge is -1.70. The van der Waals surface area contributed by atoms with Crippen molar-refractivity contribution in [3.05, 3.63) is 61.2 Å². The maximum absolute atomic E-state index is 3.78. The molecule has 90 valence electrons.